The van der Waals surface area contributed by atoms with Crippen molar-refractivity contribution in [2.24, 2.45) is 17.8 Å². The van der Waals surface area contributed by atoms with E-state index in [1.165, 1.54) is 9.67 Å². The van der Waals surface area contributed by atoms with E-state index in [0.29, 0.717) is 12.5 Å². The lowest BCUT2D eigenvalue weighted by Crippen LogP contribution is -2.33. The Hall–Kier alpha value is -1.89. The van der Waals surface area contributed by atoms with Crippen LogP contribution in [0.4, 0.5) is 0 Å². The van der Waals surface area contributed by atoms with Crippen LogP contribution in [-0.4, -0.2) is 27.5 Å². The zero-order valence-corrected chi connectivity index (χ0v) is 11.0. The van der Waals surface area contributed by atoms with Crippen LogP contribution < -0.4 is 11.1 Å². The molecule has 96 valence electrons. The Balaban J connectivity index is 1.72. The van der Waals surface area contributed by atoms with Gasteiger partial charge in [0.25, 0.3) is 0 Å². The molecule has 3 N–H and O–H groups in total. The third-order valence-corrected chi connectivity index (χ3v) is 3.25. The van der Waals surface area contributed by atoms with Crippen molar-refractivity contribution in [2.75, 3.05) is 6.54 Å². The van der Waals surface area contributed by atoms with Gasteiger partial charge in [0.2, 0.25) is 0 Å². The Labute approximate surface area is 110 Å². The lowest BCUT2D eigenvalue weighted by Gasteiger charge is -2.03. The number of rotatable bonds is 5. The molecule has 0 fully saturated rings. The number of hydrogen-bond donors (Lipinski definition) is 2. The fourth-order valence-electron chi connectivity index (χ4n) is 1.45. The quantitative estimate of drug-likeness (QED) is 0.609. The minimum absolute atomic E-state index is 0.442. The second kappa shape index (κ2) is 6.15. The highest BCUT2D eigenvalue weighted by Gasteiger charge is 1.98. The highest BCUT2D eigenvalue weighted by Crippen LogP contribution is 2.07. The average Bonchev–Trinajstić information content (AvgIpc) is 2.98. The highest BCUT2D eigenvalue weighted by atomic mass is 32.1. The molecule has 2 aromatic heterocycles. The minimum Gasteiger partial charge on any atom is -0.370 e. The molecule has 6 nitrogen and oxygen atoms in total. The number of thiophene rings is 1. The van der Waals surface area contributed by atoms with E-state index in [4.69, 9.17) is 5.73 Å². The molecule has 0 aromatic carbocycles. The van der Waals surface area contributed by atoms with Gasteiger partial charge in [0, 0.05) is 18.5 Å². The fourth-order valence-corrected chi connectivity index (χ4v) is 2.16. The first kappa shape index (κ1) is 12.6. The maximum absolute atomic E-state index is 5.76. The van der Waals surface area contributed by atoms with Gasteiger partial charge in [-0.15, -0.1) is 11.3 Å². The molecule has 0 bridgehead atoms. The van der Waals surface area contributed by atoms with Crippen molar-refractivity contribution in [1.82, 2.24) is 20.3 Å². The van der Waals surface area contributed by atoms with Gasteiger partial charge < -0.3 is 11.1 Å². The van der Waals surface area contributed by atoms with Crippen LogP contribution in [0.3, 0.4) is 0 Å². The normalized spacial score (nSPS) is 11.7. The Bertz CT molecular complexity index is 501. The van der Waals surface area contributed by atoms with Crippen LogP contribution in [0.15, 0.2) is 28.7 Å². The fraction of sp³-hybridized carbons (Fsp3) is 0.364. The molecular formula is C11H16N6S. The third-order valence-electron chi connectivity index (χ3n) is 2.32. The van der Waals surface area contributed by atoms with Gasteiger partial charge >= 0.3 is 0 Å². The zero-order valence-electron chi connectivity index (χ0n) is 10.2. The van der Waals surface area contributed by atoms with Crippen molar-refractivity contribution in [3.8, 4) is 0 Å². The van der Waals surface area contributed by atoms with E-state index in [1.807, 2.05) is 6.07 Å². The second-order valence-corrected chi connectivity index (χ2v) is 4.82. The topological polar surface area (TPSA) is 81.1 Å². The molecule has 0 saturated carbocycles. The number of nitrogens with two attached hydrogens (primary N) is 1. The number of aryl methyl sites for hydroxylation is 1. The van der Waals surface area contributed by atoms with E-state index >= 15 is 0 Å². The lowest BCUT2D eigenvalue weighted by molar-refractivity contribution is 0.645. The summed E-state index contributed by atoms with van der Waals surface area (Å²) in [6.45, 7) is 1.24. The van der Waals surface area contributed by atoms with Crippen molar-refractivity contribution in [1.29, 1.82) is 0 Å². The van der Waals surface area contributed by atoms with E-state index in [1.54, 1.807) is 24.6 Å². The average molecular weight is 264 g/mol. The summed E-state index contributed by atoms with van der Waals surface area (Å²) < 4.78 is 0. The van der Waals surface area contributed by atoms with Crippen molar-refractivity contribution >= 4 is 17.3 Å². The monoisotopic (exact) mass is 264 g/mol. The molecule has 0 unspecified atom stereocenters. The Morgan fingerprint density at radius 1 is 1.61 bits per heavy atom. The zero-order chi connectivity index (χ0) is 12.8. The number of nitrogens with one attached hydrogen (secondary N) is 1. The molecule has 2 aromatic rings. The SMILES string of the molecule is Cn1ncc(CN=C(N)NCCc2cccs2)n1. The van der Waals surface area contributed by atoms with Crippen LogP contribution in [0.5, 0.6) is 0 Å². The molecule has 7 heteroatoms. The summed E-state index contributed by atoms with van der Waals surface area (Å²) in [7, 11) is 1.77. The summed E-state index contributed by atoms with van der Waals surface area (Å²) in [5.41, 5.74) is 6.56. The third kappa shape index (κ3) is 3.85. The van der Waals surface area contributed by atoms with Crippen molar-refractivity contribution in [2.45, 2.75) is 13.0 Å². The number of aromatic nitrogens is 3. The van der Waals surface area contributed by atoms with E-state index in [0.717, 1.165) is 18.7 Å². The molecule has 2 rings (SSSR count). The maximum Gasteiger partial charge on any atom is 0.188 e. The smallest absolute Gasteiger partial charge is 0.188 e. The van der Waals surface area contributed by atoms with Gasteiger partial charge in [-0.05, 0) is 17.9 Å². The molecular weight excluding hydrogens is 248 g/mol. The van der Waals surface area contributed by atoms with Gasteiger partial charge in [-0.25, -0.2) is 4.99 Å². The highest BCUT2D eigenvalue weighted by molar-refractivity contribution is 7.09. The standard InChI is InChI=1S/C11H16N6S/c1-17-15-8-9(16-17)7-14-11(12)13-5-4-10-3-2-6-18-10/h2-3,6,8H,4-5,7H2,1H3,(H3,12,13,14). The number of hydrogen-bond acceptors (Lipinski definition) is 4. The largest absolute Gasteiger partial charge is 0.370 e. The first-order valence-electron chi connectivity index (χ1n) is 5.65. The van der Waals surface area contributed by atoms with Crippen molar-refractivity contribution in [3.63, 3.8) is 0 Å². The molecule has 0 radical (unpaired) electrons. The first-order valence-corrected chi connectivity index (χ1v) is 6.53. The summed E-state index contributed by atoms with van der Waals surface area (Å²) in [5, 5.41) is 13.2. The van der Waals surface area contributed by atoms with Crippen LogP contribution in [0.25, 0.3) is 0 Å². The second-order valence-electron chi connectivity index (χ2n) is 3.78. The van der Waals surface area contributed by atoms with Crippen LogP contribution in [0, 0.1) is 0 Å². The maximum atomic E-state index is 5.76. The summed E-state index contributed by atoms with van der Waals surface area (Å²) in [6, 6.07) is 4.16. The van der Waals surface area contributed by atoms with Gasteiger partial charge in [-0.1, -0.05) is 6.07 Å². The summed E-state index contributed by atoms with van der Waals surface area (Å²) >= 11 is 1.75. The van der Waals surface area contributed by atoms with Gasteiger partial charge in [-0.3, -0.25) is 0 Å². The van der Waals surface area contributed by atoms with E-state index in [-0.39, 0.29) is 0 Å². The Kier molecular flexibility index (Phi) is 4.30. The minimum atomic E-state index is 0.442. The van der Waals surface area contributed by atoms with Crippen LogP contribution >= 0.6 is 11.3 Å². The molecule has 18 heavy (non-hydrogen) atoms. The number of aliphatic imine (C=N–C) groups is 1. The predicted octanol–water partition coefficient (Wildman–Crippen LogP) is 0.524. The number of guanidine groups is 1. The van der Waals surface area contributed by atoms with Crippen LogP contribution in [-0.2, 0) is 20.0 Å². The van der Waals surface area contributed by atoms with Crippen molar-refractivity contribution in [3.05, 3.63) is 34.3 Å². The summed E-state index contributed by atoms with van der Waals surface area (Å²) in [4.78, 5) is 7.04. The lowest BCUT2D eigenvalue weighted by atomic mass is 10.3. The van der Waals surface area contributed by atoms with Crippen molar-refractivity contribution < 1.29 is 0 Å². The van der Waals surface area contributed by atoms with Gasteiger partial charge in [0.05, 0.1) is 12.7 Å². The molecule has 0 saturated heterocycles. The molecule has 0 atom stereocenters. The molecule has 2 heterocycles. The number of nitrogens with zero attached hydrogens (tertiary/aromatic N) is 4. The molecule has 0 aliphatic rings. The van der Waals surface area contributed by atoms with Gasteiger partial charge in [0.15, 0.2) is 5.96 Å². The molecule has 0 aliphatic carbocycles. The summed E-state index contributed by atoms with van der Waals surface area (Å²) in [5.74, 6) is 0.442. The predicted molar refractivity (Wildman–Crippen MR) is 72.4 cm³/mol. The molecule has 0 spiro atoms. The Morgan fingerprint density at radius 2 is 2.50 bits per heavy atom. The summed E-state index contributed by atoms with van der Waals surface area (Å²) in [6.07, 6.45) is 2.64. The molecule has 0 amide bonds. The van der Waals surface area contributed by atoms with E-state index < -0.39 is 0 Å². The Morgan fingerprint density at radius 3 is 3.17 bits per heavy atom. The molecule has 0 aliphatic heterocycles. The van der Waals surface area contributed by atoms with Gasteiger partial charge in [0.1, 0.15) is 5.69 Å². The van der Waals surface area contributed by atoms with Gasteiger partial charge in [-0.2, -0.15) is 15.0 Å². The first-order chi connectivity index (χ1) is 8.74. The van der Waals surface area contributed by atoms with E-state index in [2.05, 4.69) is 32.0 Å². The van der Waals surface area contributed by atoms with Crippen LogP contribution in [0.1, 0.15) is 10.6 Å². The van der Waals surface area contributed by atoms with E-state index in [9.17, 15) is 0 Å². The van der Waals surface area contributed by atoms with Crippen LogP contribution in [0.2, 0.25) is 0 Å².